The maximum Gasteiger partial charge on any atom is 0.0211 e. The lowest BCUT2D eigenvalue weighted by Crippen LogP contribution is -2.32. The maximum absolute atomic E-state index is 3.56. The molecule has 1 rings (SSSR count). The molecule has 0 heterocycles. The highest BCUT2D eigenvalue weighted by molar-refractivity contribution is 5.33. The molecule has 0 bridgehead atoms. The van der Waals surface area contributed by atoms with Gasteiger partial charge in [0, 0.05) is 19.6 Å². The molecule has 0 fully saturated rings. The summed E-state index contributed by atoms with van der Waals surface area (Å²) in [5, 5.41) is 3.56. The molecule has 102 valence electrons. The normalized spacial score (nSPS) is 11.2. The van der Waals surface area contributed by atoms with Crippen molar-refractivity contribution in [1.82, 2.24) is 10.2 Å². The standard InChI is InChI=1S/C16H28N2/c1-5-11-18(6-2)12-10-17-13-16-14(3)8-7-9-15(16)4/h7-9,17H,5-6,10-13H2,1-4H3. The van der Waals surface area contributed by atoms with Crippen molar-refractivity contribution in [1.29, 1.82) is 0 Å². The quantitative estimate of drug-likeness (QED) is 0.711. The highest BCUT2D eigenvalue weighted by atomic mass is 15.1. The highest BCUT2D eigenvalue weighted by Gasteiger charge is 2.03. The Labute approximate surface area is 112 Å². The smallest absolute Gasteiger partial charge is 0.0211 e. The van der Waals surface area contributed by atoms with Crippen molar-refractivity contribution in [3.63, 3.8) is 0 Å². The Balaban J connectivity index is 2.33. The van der Waals surface area contributed by atoms with Gasteiger partial charge in [-0.3, -0.25) is 0 Å². The van der Waals surface area contributed by atoms with Crippen LogP contribution in [0.1, 0.15) is 37.0 Å². The molecule has 0 aromatic heterocycles. The van der Waals surface area contributed by atoms with Crippen LogP contribution in [0, 0.1) is 13.8 Å². The van der Waals surface area contributed by atoms with Crippen molar-refractivity contribution in [2.45, 2.75) is 40.7 Å². The first kappa shape index (κ1) is 15.2. The summed E-state index contributed by atoms with van der Waals surface area (Å²) < 4.78 is 0. The van der Waals surface area contributed by atoms with Gasteiger partial charge in [-0.15, -0.1) is 0 Å². The van der Waals surface area contributed by atoms with Gasteiger partial charge in [0.2, 0.25) is 0 Å². The average molecular weight is 248 g/mol. The van der Waals surface area contributed by atoms with Gasteiger partial charge in [-0.2, -0.15) is 0 Å². The third-order valence-corrected chi connectivity index (χ3v) is 3.54. The summed E-state index contributed by atoms with van der Waals surface area (Å²) >= 11 is 0. The van der Waals surface area contributed by atoms with Crippen molar-refractivity contribution >= 4 is 0 Å². The summed E-state index contributed by atoms with van der Waals surface area (Å²) in [6.45, 7) is 14.4. The molecule has 0 amide bonds. The summed E-state index contributed by atoms with van der Waals surface area (Å²) in [5.41, 5.74) is 4.24. The Morgan fingerprint density at radius 1 is 1.06 bits per heavy atom. The Morgan fingerprint density at radius 3 is 2.28 bits per heavy atom. The lowest BCUT2D eigenvalue weighted by Gasteiger charge is -2.20. The van der Waals surface area contributed by atoms with E-state index in [-0.39, 0.29) is 0 Å². The lowest BCUT2D eigenvalue weighted by atomic mass is 10.0. The number of benzene rings is 1. The molecular formula is C16H28N2. The second-order valence-electron chi connectivity index (χ2n) is 4.98. The van der Waals surface area contributed by atoms with Gasteiger partial charge in [0.05, 0.1) is 0 Å². The lowest BCUT2D eigenvalue weighted by molar-refractivity contribution is 0.287. The molecule has 1 aromatic rings. The van der Waals surface area contributed by atoms with E-state index in [0.29, 0.717) is 0 Å². The minimum Gasteiger partial charge on any atom is -0.311 e. The molecule has 2 heteroatoms. The van der Waals surface area contributed by atoms with Crippen LogP contribution in [0.25, 0.3) is 0 Å². The molecule has 0 unspecified atom stereocenters. The van der Waals surface area contributed by atoms with Gasteiger partial charge in [0.1, 0.15) is 0 Å². The second kappa shape index (κ2) is 8.28. The van der Waals surface area contributed by atoms with Gasteiger partial charge in [-0.05, 0) is 50.0 Å². The zero-order valence-electron chi connectivity index (χ0n) is 12.4. The number of aryl methyl sites for hydroxylation is 2. The van der Waals surface area contributed by atoms with E-state index in [4.69, 9.17) is 0 Å². The van der Waals surface area contributed by atoms with Crippen LogP contribution in [-0.2, 0) is 6.54 Å². The summed E-state index contributed by atoms with van der Waals surface area (Å²) in [4.78, 5) is 2.50. The number of hydrogen-bond donors (Lipinski definition) is 1. The monoisotopic (exact) mass is 248 g/mol. The van der Waals surface area contributed by atoms with Gasteiger partial charge < -0.3 is 10.2 Å². The predicted molar refractivity (Wildman–Crippen MR) is 80.0 cm³/mol. The van der Waals surface area contributed by atoms with Gasteiger partial charge in [-0.1, -0.05) is 32.0 Å². The first-order chi connectivity index (χ1) is 8.69. The van der Waals surface area contributed by atoms with Crippen LogP contribution in [0.2, 0.25) is 0 Å². The number of likely N-dealkylation sites (N-methyl/N-ethyl adjacent to an activating group) is 1. The minimum absolute atomic E-state index is 0.988. The van der Waals surface area contributed by atoms with E-state index in [2.05, 4.69) is 56.1 Å². The van der Waals surface area contributed by atoms with Gasteiger partial charge in [-0.25, -0.2) is 0 Å². The van der Waals surface area contributed by atoms with Crippen LogP contribution in [0.15, 0.2) is 18.2 Å². The summed E-state index contributed by atoms with van der Waals surface area (Å²) in [5.74, 6) is 0. The summed E-state index contributed by atoms with van der Waals surface area (Å²) in [7, 11) is 0. The molecule has 0 atom stereocenters. The molecular weight excluding hydrogens is 220 g/mol. The largest absolute Gasteiger partial charge is 0.311 e. The fourth-order valence-corrected chi connectivity index (χ4v) is 2.32. The minimum atomic E-state index is 0.988. The first-order valence-corrected chi connectivity index (χ1v) is 7.17. The van der Waals surface area contributed by atoms with Crippen LogP contribution < -0.4 is 5.32 Å². The third kappa shape index (κ3) is 4.79. The molecule has 0 aliphatic rings. The van der Waals surface area contributed by atoms with Crippen molar-refractivity contribution < 1.29 is 0 Å². The van der Waals surface area contributed by atoms with E-state index in [9.17, 15) is 0 Å². The van der Waals surface area contributed by atoms with E-state index in [1.165, 1.54) is 29.7 Å². The second-order valence-corrected chi connectivity index (χ2v) is 4.98. The molecule has 1 aromatic carbocycles. The Morgan fingerprint density at radius 2 is 1.72 bits per heavy atom. The van der Waals surface area contributed by atoms with Gasteiger partial charge >= 0.3 is 0 Å². The van der Waals surface area contributed by atoms with Crippen LogP contribution >= 0.6 is 0 Å². The molecule has 1 N–H and O–H groups in total. The Kier molecular flexibility index (Phi) is 6.99. The average Bonchev–Trinajstić information content (AvgIpc) is 2.36. The molecule has 0 aliphatic heterocycles. The molecule has 18 heavy (non-hydrogen) atoms. The van der Waals surface area contributed by atoms with Crippen molar-refractivity contribution in [3.05, 3.63) is 34.9 Å². The molecule has 0 saturated carbocycles. The number of rotatable bonds is 8. The molecule has 2 nitrogen and oxygen atoms in total. The fraction of sp³-hybridized carbons (Fsp3) is 0.625. The number of nitrogens with one attached hydrogen (secondary N) is 1. The number of hydrogen-bond acceptors (Lipinski definition) is 2. The van der Waals surface area contributed by atoms with E-state index in [1.807, 2.05) is 0 Å². The van der Waals surface area contributed by atoms with Crippen molar-refractivity contribution in [2.75, 3.05) is 26.2 Å². The summed E-state index contributed by atoms with van der Waals surface area (Å²) in [6, 6.07) is 6.52. The summed E-state index contributed by atoms with van der Waals surface area (Å²) in [6.07, 6.45) is 1.24. The van der Waals surface area contributed by atoms with Crippen LogP contribution in [0.3, 0.4) is 0 Å². The zero-order valence-corrected chi connectivity index (χ0v) is 12.4. The first-order valence-electron chi connectivity index (χ1n) is 7.17. The van der Waals surface area contributed by atoms with E-state index < -0.39 is 0 Å². The SMILES string of the molecule is CCCN(CC)CCNCc1c(C)cccc1C. The maximum atomic E-state index is 3.56. The third-order valence-electron chi connectivity index (χ3n) is 3.54. The van der Waals surface area contributed by atoms with Gasteiger partial charge in [0.25, 0.3) is 0 Å². The zero-order chi connectivity index (χ0) is 13.4. The number of nitrogens with zero attached hydrogens (tertiary/aromatic N) is 1. The fourth-order valence-electron chi connectivity index (χ4n) is 2.32. The molecule has 0 saturated heterocycles. The van der Waals surface area contributed by atoms with Crippen molar-refractivity contribution in [2.24, 2.45) is 0 Å². The molecule has 0 spiro atoms. The van der Waals surface area contributed by atoms with Crippen LogP contribution in [0.4, 0.5) is 0 Å². The highest BCUT2D eigenvalue weighted by Crippen LogP contribution is 2.12. The van der Waals surface area contributed by atoms with Crippen LogP contribution in [-0.4, -0.2) is 31.1 Å². The van der Waals surface area contributed by atoms with E-state index >= 15 is 0 Å². The Bertz CT molecular complexity index is 327. The van der Waals surface area contributed by atoms with E-state index in [0.717, 1.165) is 26.2 Å². The van der Waals surface area contributed by atoms with E-state index in [1.54, 1.807) is 0 Å². The van der Waals surface area contributed by atoms with Crippen LogP contribution in [0.5, 0.6) is 0 Å². The topological polar surface area (TPSA) is 15.3 Å². The Hall–Kier alpha value is -0.860. The van der Waals surface area contributed by atoms with Crippen molar-refractivity contribution in [3.8, 4) is 0 Å². The molecule has 0 radical (unpaired) electrons. The predicted octanol–water partition coefficient (Wildman–Crippen LogP) is 3.12. The molecule has 0 aliphatic carbocycles. The van der Waals surface area contributed by atoms with Gasteiger partial charge in [0.15, 0.2) is 0 Å².